The van der Waals surface area contributed by atoms with E-state index >= 15 is 0 Å². The zero-order chi connectivity index (χ0) is 14.8. The third kappa shape index (κ3) is 2.76. The molecule has 3 N–H and O–H groups in total. The van der Waals surface area contributed by atoms with Crippen molar-refractivity contribution in [3.8, 4) is 5.75 Å². The molecule has 0 bridgehead atoms. The van der Waals surface area contributed by atoms with Crippen LogP contribution in [0.25, 0.3) is 0 Å². The molecule has 0 atom stereocenters. The van der Waals surface area contributed by atoms with E-state index in [0.717, 1.165) is 30.6 Å². The number of phenolic OH excluding ortho intramolecular Hbond substituents is 1. The van der Waals surface area contributed by atoms with Crippen molar-refractivity contribution in [2.45, 2.75) is 19.9 Å². The number of fused-ring (bicyclic) bond motifs is 1. The van der Waals surface area contributed by atoms with Crippen molar-refractivity contribution < 1.29 is 9.90 Å². The van der Waals surface area contributed by atoms with E-state index in [4.69, 9.17) is 0 Å². The quantitative estimate of drug-likeness (QED) is 0.793. The maximum absolute atomic E-state index is 12.5. The van der Waals surface area contributed by atoms with E-state index in [-0.39, 0.29) is 11.7 Å². The van der Waals surface area contributed by atoms with E-state index < -0.39 is 0 Å². The molecule has 0 spiro atoms. The molecule has 0 unspecified atom stereocenters. The molecule has 1 aliphatic rings. The first-order valence-electron chi connectivity index (χ1n) is 7.07. The first kappa shape index (κ1) is 13.6. The Balaban J connectivity index is 1.87. The Morgan fingerprint density at radius 3 is 2.95 bits per heavy atom. The van der Waals surface area contributed by atoms with Crippen LogP contribution in [-0.2, 0) is 13.0 Å². The van der Waals surface area contributed by atoms with Crippen LogP contribution in [0.1, 0.15) is 27.0 Å². The van der Waals surface area contributed by atoms with E-state index in [9.17, 15) is 9.90 Å². The van der Waals surface area contributed by atoms with Gasteiger partial charge in [-0.3, -0.25) is 4.79 Å². The minimum atomic E-state index is -0.128. The van der Waals surface area contributed by atoms with Crippen LogP contribution in [0.4, 0.5) is 5.69 Å². The number of aryl methyl sites for hydroxylation is 1. The van der Waals surface area contributed by atoms with Crippen molar-refractivity contribution in [2.75, 3.05) is 11.9 Å². The van der Waals surface area contributed by atoms with E-state index in [2.05, 4.69) is 16.7 Å². The van der Waals surface area contributed by atoms with Crippen LogP contribution in [-0.4, -0.2) is 17.6 Å². The van der Waals surface area contributed by atoms with E-state index in [1.54, 1.807) is 18.2 Å². The largest absolute Gasteiger partial charge is 0.508 e. The first-order valence-corrected chi connectivity index (χ1v) is 7.07. The minimum Gasteiger partial charge on any atom is -0.508 e. The van der Waals surface area contributed by atoms with Gasteiger partial charge in [0.2, 0.25) is 0 Å². The van der Waals surface area contributed by atoms with Gasteiger partial charge >= 0.3 is 0 Å². The predicted molar refractivity (Wildman–Crippen MR) is 82.6 cm³/mol. The summed E-state index contributed by atoms with van der Waals surface area (Å²) >= 11 is 0. The van der Waals surface area contributed by atoms with Crippen LogP contribution in [0.2, 0.25) is 0 Å². The summed E-state index contributed by atoms with van der Waals surface area (Å²) in [6.07, 6.45) is 0.859. The highest BCUT2D eigenvalue weighted by molar-refractivity contribution is 6.05. The van der Waals surface area contributed by atoms with Crippen molar-refractivity contribution in [3.05, 3.63) is 58.7 Å². The molecular formula is C17H18N2O2. The van der Waals surface area contributed by atoms with Gasteiger partial charge in [-0.2, -0.15) is 0 Å². The van der Waals surface area contributed by atoms with Gasteiger partial charge in [0.1, 0.15) is 5.75 Å². The molecule has 1 amide bonds. The van der Waals surface area contributed by atoms with Gasteiger partial charge in [-0.15, -0.1) is 0 Å². The number of carbonyl (C=O) groups is 1. The van der Waals surface area contributed by atoms with Crippen molar-refractivity contribution in [2.24, 2.45) is 0 Å². The van der Waals surface area contributed by atoms with E-state index in [1.807, 2.05) is 19.1 Å². The lowest BCUT2D eigenvalue weighted by atomic mass is 9.95. The van der Waals surface area contributed by atoms with Crippen molar-refractivity contribution in [1.82, 2.24) is 5.32 Å². The summed E-state index contributed by atoms with van der Waals surface area (Å²) in [5.74, 6) is 0.0593. The summed E-state index contributed by atoms with van der Waals surface area (Å²) in [6, 6.07) is 11.0. The molecule has 108 valence electrons. The van der Waals surface area contributed by atoms with Gasteiger partial charge in [0, 0.05) is 23.9 Å². The maximum atomic E-state index is 12.5. The number of phenols is 1. The Morgan fingerprint density at radius 1 is 1.29 bits per heavy atom. The second-order valence-corrected chi connectivity index (χ2v) is 5.33. The average Bonchev–Trinajstić information content (AvgIpc) is 2.50. The Bertz CT molecular complexity index is 695. The van der Waals surface area contributed by atoms with Gasteiger partial charge < -0.3 is 15.7 Å². The summed E-state index contributed by atoms with van der Waals surface area (Å²) in [4.78, 5) is 12.5. The zero-order valence-corrected chi connectivity index (χ0v) is 11.9. The Hall–Kier alpha value is -2.33. The van der Waals surface area contributed by atoms with E-state index in [0.29, 0.717) is 11.3 Å². The van der Waals surface area contributed by atoms with Gasteiger partial charge in [0.15, 0.2) is 0 Å². The second-order valence-electron chi connectivity index (χ2n) is 5.33. The predicted octanol–water partition coefficient (Wildman–Crippen LogP) is 2.60. The second kappa shape index (κ2) is 5.58. The average molecular weight is 282 g/mol. The Kier molecular flexibility index (Phi) is 3.62. The highest BCUT2D eigenvalue weighted by atomic mass is 16.3. The van der Waals surface area contributed by atoms with Gasteiger partial charge in [0.25, 0.3) is 5.91 Å². The summed E-state index contributed by atoms with van der Waals surface area (Å²) in [5.41, 5.74) is 4.41. The standard InChI is InChI=1S/C17H18N2O2/c1-11-5-6-13(9-16(11)20)19-17(21)15-4-2-3-12-10-18-8-7-14(12)15/h2-6,9,18,20H,7-8,10H2,1H3,(H,19,21). The molecule has 4 heteroatoms. The third-order valence-electron chi connectivity index (χ3n) is 3.85. The molecule has 1 aliphatic heterocycles. The Morgan fingerprint density at radius 2 is 2.14 bits per heavy atom. The fraction of sp³-hybridized carbons (Fsp3) is 0.235. The Labute approximate surface area is 123 Å². The molecular weight excluding hydrogens is 264 g/mol. The van der Waals surface area contributed by atoms with Crippen LogP contribution >= 0.6 is 0 Å². The molecule has 0 fully saturated rings. The van der Waals surface area contributed by atoms with E-state index in [1.165, 1.54) is 5.56 Å². The minimum absolute atomic E-state index is 0.128. The number of hydrogen-bond donors (Lipinski definition) is 3. The number of rotatable bonds is 2. The molecule has 0 saturated heterocycles. The number of benzene rings is 2. The summed E-state index contributed by atoms with van der Waals surface area (Å²) in [5, 5.41) is 15.9. The summed E-state index contributed by atoms with van der Waals surface area (Å²) in [6.45, 7) is 3.52. The van der Waals surface area contributed by atoms with Crippen molar-refractivity contribution in [1.29, 1.82) is 0 Å². The fourth-order valence-electron chi connectivity index (χ4n) is 2.63. The monoisotopic (exact) mass is 282 g/mol. The number of nitrogens with one attached hydrogen (secondary N) is 2. The number of hydrogen-bond acceptors (Lipinski definition) is 3. The van der Waals surface area contributed by atoms with Crippen LogP contribution in [0.5, 0.6) is 5.75 Å². The lowest BCUT2D eigenvalue weighted by Gasteiger charge is -2.20. The van der Waals surface area contributed by atoms with Gasteiger partial charge in [-0.05, 0) is 48.7 Å². The fourth-order valence-corrected chi connectivity index (χ4v) is 2.63. The van der Waals surface area contributed by atoms with Crippen LogP contribution in [0, 0.1) is 6.92 Å². The molecule has 0 radical (unpaired) electrons. The number of aromatic hydroxyl groups is 1. The molecule has 1 heterocycles. The third-order valence-corrected chi connectivity index (χ3v) is 3.85. The molecule has 21 heavy (non-hydrogen) atoms. The molecule has 2 aromatic rings. The van der Waals surface area contributed by atoms with Crippen molar-refractivity contribution >= 4 is 11.6 Å². The number of anilines is 1. The number of amides is 1. The lowest BCUT2D eigenvalue weighted by molar-refractivity contribution is 0.102. The lowest BCUT2D eigenvalue weighted by Crippen LogP contribution is -2.26. The number of carbonyl (C=O) groups excluding carboxylic acids is 1. The van der Waals surface area contributed by atoms with Crippen LogP contribution < -0.4 is 10.6 Å². The topological polar surface area (TPSA) is 61.4 Å². The molecule has 0 saturated carbocycles. The molecule has 4 nitrogen and oxygen atoms in total. The SMILES string of the molecule is Cc1ccc(NC(=O)c2cccc3c2CCNC3)cc1O. The highest BCUT2D eigenvalue weighted by Crippen LogP contribution is 2.23. The van der Waals surface area contributed by atoms with Gasteiger partial charge in [-0.1, -0.05) is 18.2 Å². The van der Waals surface area contributed by atoms with Crippen LogP contribution in [0.15, 0.2) is 36.4 Å². The summed E-state index contributed by atoms with van der Waals surface area (Å²) < 4.78 is 0. The molecule has 3 rings (SSSR count). The van der Waals surface area contributed by atoms with Crippen LogP contribution in [0.3, 0.4) is 0 Å². The first-order chi connectivity index (χ1) is 10.1. The van der Waals surface area contributed by atoms with Crippen molar-refractivity contribution in [3.63, 3.8) is 0 Å². The summed E-state index contributed by atoms with van der Waals surface area (Å²) in [7, 11) is 0. The highest BCUT2D eigenvalue weighted by Gasteiger charge is 2.17. The molecule has 2 aromatic carbocycles. The molecule has 0 aliphatic carbocycles. The van der Waals surface area contributed by atoms with Gasteiger partial charge in [0.05, 0.1) is 0 Å². The zero-order valence-electron chi connectivity index (χ0n) is 11.9. The maximum Gasteiger partial charge on any atom is 0.255 e. The smallest absolute Gasteiger partial charge is 0.255 e. The van der Waals surface area contributed by atoms with Gasteiger partial charge in [-0.25, -0.2) is 0 Å². The normalized spacial score (nSPS) is 13.6. The molecule has 0 aromatic heterocycles.